The van der Waals surface area contributed by atoms with Gasteiger partial charge in [0.15, 0.2) is 5.82 Å². The van der Waals surface area contributed by atoms with Gasteiger partial charge in [-0.3, -0.25) is 0 Å². The van der Waals surface area contributed by atoms with E-state index >= 15 is 0 Å². The quantitative estimate of drug-likeness (QED) is 0.786. The van der Waals surface area contributed by atoms with Crippen molar-refractivity contribution in [2.45, 2.75) is 6.54 Å². The molecule has 0 amide bonds. The van der Waals surface area contributed by atoms with Crippen molar-refractivity contribution in [3.05, 3.63) is 59.2 Å². The molecule has 6 heteroatoms. The van der Waals surface area contributed by atoms with Crippen LogP contribution in [0.25, 0.3) is 11.0 Å². The Bertz CT molecular complexity index is 877. The Balaban J connectivity index is 2.12. The summed E-state index contributed by atoms with van der Waals surface area (Å²) in [5.41, 5.74) is 7.41. The molecule has 0 saturated carbocycles. The van der Waals surface area contributed by atoms with E-state index in [2.05, 4.69) is 4.98 Å². The van der Waals surface area contributed by atoms with Gasteiger partial charge in [0.1, 0.15) is 11.3 Å². The summed E-state index contributed by atoms with van der Waals surface area (Å²) >= 11 is 0. The summed E-state index contributed by atoms with van der Waals surface area (Å²) in [6, 6.07) is 10.9. The van der Waals surface area contributed by atoms with Gasteiger partial charge in [-0.2, -0.15) is 5.26 Å². The molecule has 1 aromatic heterocycles. The molecule has 0 spiro atoms. The van der Waals surface area contributed by atoms with Crippen LogP contribution in [0.2, 0.25) is 0 Å². The van der Waals surface area contributed by atoms with Crippen LogP contribution in [-0.2, 0) is 6.54 Å². The summed E-state index contributed by atoms with van der Waals surface area (Å²) in [7, 11) is 0. The second kappa shape index (κ2) is 4.87. The number of benzene rings is 2. The van der Waals surface area contributed by atoms with Crippen molar-refractivity contribution < 1.29 is 8.78 Å². The number of halogens is 2. The maximum absolute atomic E-state index is 13.7. The number of hydrogen-bond acceptors (Lipinski definition) is 3. The highest BCUT2D eigenvalue weighted by molar-refractivity contribution is 5.79. The molecule has 3 rings (SSSR count). The SMILES string of the molecule is N#Cc1cccc(Cn2c(N)nc3c(F)cc(F)cc32)c1. The molecule has 21 heavy (non-hydrogen) atoms. The number of rotatable bonds is 2. The maximum Gasteiger partial charge on any atom is 0.201 e. The summed E-state index contributed by atoms with van der Waals surface area (Å²) in [5, 5.41) is 8.89. The molecular formula is C15H10F2N4. The van der Waals surface area contributed by atoms with Crippen LogP contribution in [0, 0.1) is 23.0 Å². The molecule has 0 saturated heterocycles. The smallest absolute Gasteiger partial charge is 0.201 e. The average molecular weight is 284 g/mol. The van der Waals surface area contributed by atoms with Crippen molar-refractivity contribution in [2.24, 2.45) is 0 Å². The monoisotopic (exact) mass is 284 g/mol. The van der Waals surface area contributed by atoms with Gasteiger partial charge >= 0.3 is 0 Å². The molecule has 3 aromatic rings. The highest BCUT2D eigenvalue weighted by atomic mass is 19.1. The number of hydrogen-bond donors (Lipinski definition) is 1. The number of aromatic nitrogens is 2. The van der Waals surface area contributed by atoms with Gasteiger partial charge in [-0.1, -0.05) is 12.1 Å². The van der Waals surface area contributed by atoms with E-state index in [1.54, 1.807) is 18.2 Å². The van der Waals surface area contributed by atoms with Gasteiger partial charge in [0.25, 0.3) is 0 Å². The molecule has 0 radical (unpaired) electrons. The lowest BCUT2D eigenvalue weighted by Crippen LogP contribution is -2.04. The van der Waals surface area contributed by atoms with Gasteiger partial charge in [-0.25, -0.2) is 13.8 Å². The van der Waals surface area contributed by atoms with Gasteiger partial charge in [0, 0.05) is 12.1 Å². The van der Waals surface area contributed by atoms with Crippen LogP contribution in [-0.4, -0.2) is 9.55 Å². The average Bonchev–Trinajstić information content (AvgIpc) is 2.77. The summed E-state index contributed by atoms with van der Waals surface area (Å²) in [6.07, 6.45) is 0. The van der Waals surface area contributed by atoms with E-state index < -0.39 is 11.6 Å². The predicted molar refractivity (Wildman–Crippen MR) is 74.3 cm³/mol. The zero-order valence-electron chi connectivity index (χ0n) is 10.8. The molecule has 0 aliphatic rings. The lowest BCUT2D eigenvalue weighted by molar-refractivity contribution is 0.590. The molecule has 4 nitrogen and oxygen atoms in total. The predicted octanol–water partition coefficient (Wildman–Crippen LogP) is 2.82. The van der Waals surface area contributed by atoms with Crippen molar-refractivity contribution in [3.8, 4) is 6.07 Å². The summed E-state index contributed by atoms with van der Waals surface area (Å²) in [4.78, 5) is 3.93. The zero-order chi connectivity index (χ0) is 15.0. The van der Waals surface area contributed by atoms with Crippen molar-refractivity contribution in [1.29, 1.82) is 5.26 Å². The third-order valence-corrected chi connectivity index (χ3v) is 3.20. The van der Waals surface area contributed by atoms with Crippen LogP contribution >= 0.6 is 0 Å². The van der Waals surface area contributed by atoms with Crippen LogP contribution < -0.4 is 5.73 Å². The largest absolute Gasteiger partial charge is 0.369 e. The highest BCUT2D eigenvalue weighted by Crippen LogP contribution is 2.23. The zero-order valence-corrected chi connectivity index (χ0v) is 10.8. The van der Waals surface area contributed by atoms with E-state index in [4.69, 9.17) is 11.0 Å². The number of nitrogens with zero attached hydrogens (tertiary/aromatic N) is 3. The number of nitrogens with two attached hydrogens (primary N) is 1. The number of nitriles is 1. The standard InChI is InChI=1S/C15H10F2N4/c16-11-5-12(17)14-13(6-11)21(15(19)20-14)8-10-3-1-2-9(4-10)7-18/h1-6H,8H2,(H2,19,20). The van der Waals surface area contributed by atoms with E-state index in [9.17, 15) is 8.78 Å². The first kappa shape index (κ1) is 13.1. The Kier molecular flexibility index (Phi) is 3.03. The Morgan fingerprint density at radius 2 is 2.05 bits per heavy atom. The van der Waals surface area contributed by atoms with Gasteiger partial charge in [0.2, 0.25) is 5.95 Å². The normalized spacial score (nSPS) is 10.7. The molecule has 104 valence electrons. The van der Waals surface area contributed by atoms with Crippen LogP contribution in [0.5, 0.6) is 0 Å². The third-order valence-electron chi connectivity index (χ3n) is 3.20. The summed E-state index contributed by atoms with van der Waals surface area (Å²) in [6.45, 7) is 0.279. The molecule has 2 N–H and O–H groups in total. The highest BCUT2D eigenvalue weighted by Gasteiger charge is 2.14. The molecule has 0 aliphatic carbocycles. The summed E-state index contributed by atoms with van der Waals surface area (Å²) < 4.78 is 28.6. The molecular weight excluding hydrogens is 274 g/mol. The topological polar surface area (TPSA) is 67.6 Å². The first-order valence-electron chi connectivity index (χ1n) is 6.18. The van der Waals surface area contributed by atoms with Crippen molar-refractivity contribution >= 4 is 17.0 Å². The molecule has 0 bridgehead atoms. The Hall–Kier alpha value is -2.94. The van der Waals surface area contributed by atoms with E-state index in [0.717, 1.165) is 11.6 Å². The maximum atomic E-state index is 13.7. The molecule has 0 atom stereocenters. The van der Waals surface area contributed by atoms with Gasteiger partial charge in [-0.05, 0) is 17.7 Å². The lowest BCUT2D eigenvalue weighted by Gasteiger charge is -2.07. The fourth-order valence-electron chi connectivity index (χ4n) is 2.26. The van der Waals surface area contributed by atoms with Crippen molar-refractivity contribution in [1.82, 2.24) is 9.55 Å². The Morgan fingerprint density at radius 3 is 2.81 bits per heavy atom. The molecule has 0 fully saturated rings. The number of imidazole rings is 1. The Labute approximate surface area is 119 Å². The van der Waals surface area contributed by atoms with Crippen LogP contribution in [0.1, 0.15) is 11.1 Å². The van der Waals surface area contributed by atoms with Crippen LogP contribution in [0.15, 0.2) is 36.4 Å². The van der Waals surface area contributed by atoms with Crippen LogP contribution in [0.3, 0.4) is 0 Å². The minimum absolute atomic E-state index is 0.0327. The van der Waals surface area contributed by atoms with Gasteiger partial charge in [-0.15, -0.1) is 0 Å². The third kappa shape index (κ3) is 2.30. The second-order valence-electron chi connectivity index (χ2n) is 4.62. The van der Waals surface area contributed by atoms with Gasteiger partial charge < -0.3 is 10.3 Å². The molecule has 2 aromatic carbocycles. The number of nitrogen functional groups attached to an aromatic ring is 1. The molecule has 1 heterocycles. The second-order valence-corrected chi connectivity index (χ2v) is 4.62. The minimum atomic E-state index is -0.749. The van der Waals surface area contributed by atoms with Crippen molar-refractivity contribution in [2.75, 3.05) is 5.73 Å². The van der Waals surface area contributed by atoms with E-state index in [1.807, 2.05) is 12.1 Å². The first-order chi connectivity index (χ1) is 10.1. The van der Waals surface area contributed by atoms with E-state index in [-0.39, 0.29) is 23.5 Å². The minimum Gasteiger partial charge on any atom is -0.369 e. The van der Waals surface area contributed by atoms with E-state index in [0.29, 0.717) is 5.56 Å². The fourth-order valence-corrected chi connectivity index (χ4v) is 2.26. The van der Waals surface area contributed by atoms with Crippen LogP contribution in [0.4, 0.5) is 14.7 Å². The van der Waals surface area contributed by atoms with Gasteiger partial charge in [0.05, 0.1) is 23.7 Å². The molecule has 0 aliphatic heterocycles. The fraction of sp³-hybridized carbons (Fsp3) is 0.0667. The molecule has 0 unspecified atom stereocenters. The first-order valence-corrected chi connectivity index (χ1v) is 6.18. The Morgan fingerprint density at radius 1 is 1.24 bits per heavy atom. The van der Waals surface area contributed by atoms with Crippen molar-refractivity contribution in [3.63, 3.8) is 0 Å². The lowest BCUT2D eigenvalue weighted by atomic mass is 10.1. The number of fused-ring (bicyclic) bond motifs is 1. The summed E-state index contributed by atoms with van der Waals surface area (Å²) in [5.74, 6) is -1.34. The van der Waals surface area contributed by atoms with E-state index in [1.165, 1.54) is 10.6 Å². The number of anilines is 1.